The largest absolute Gasteiger partial charge is 0.435 e. The van der Waals surface area contributed by atoms with Crippen LogP contribution in [0.25, 0.3) is 0 Å². The molecule has 1 fully saturated rings. The number of rotatable bonds is 8. The van der Waals surface area contributed by atoms with Crippen LogP contribution in [-0.4, -0.2) is 44.9 Å². The van der Waals surface area contributed by atoms with E-state index in [4.69, 9.17) is 0 Å². The number of alkyl halides is 2. The molecule has 0 atom stereocenters. The highest BCUT2D eigenvalue weighted by Crippen LogP contribution is 2.25. The standard InChI is InChI=1S/C21H23F3N2O4S/c22-18-3-1-2-4-19(18)31(28,29)26-13-10-16(11-14-26)20(27)25-12-9-15-5-7-17(8-6-15)30-21(23)24/h1-8,16,21H,9-14H2,(H,25,27). The topological polar surface area (TPSA) is 75.7 Å². The molecule has 3 rings (SSSR count). The Morgan fingerprint density at radius 2 is 1.74 bits per heavy atom. The first-order chi connectivity index (χ1) is 14.8. The molecule has 1 N–H and O–H groups in total. The van der Waals surface area contributed by atoms with Crippen LogP contribution < -0.4 is 10.1 Å². The van der Waals surface area contributed by atoms with Gasteiger partial charge in [-0.2, -0.15) is 13.1 Å². The van der Waals surface area contributed by atoms with E-state index in [1.165, 1.54) is 34.6 Å². The summed E-state index contributed by atoms with van der Waals surface area (Å²) in [5.74, 6) is -1.22. The summed E-state index contributed by atoms with van der Waals surface area (Å²) in [7, 11) is -3.94. The molecule has 0 spiro atoms. The fourth-order valence-corrected chi connectivity index (χ4v) is 5.00. The molecule has 6 nitrogen and oxygen atoms in total. The lowest BCUT2D eigenvalue weighted by Crippen LogP contribution is -2.43. The summed E-state index contributed by atoms with van der Waals surface area (Å²) in [5, 5.41) is 2.82. The fraction of sp³-hybridized carbons (Fsp3) is 0.381. The summed E-state index contributed by atoms with van der Waals surface area (Å²) in [6.07, 6.45) is 1.21. The Balaban J connectivity index is 1.45. The Morgan fingerprint density at radius 3 is 2.35 bits per heavy atom. The molecule has 2 aromatic rings. The smallest absolute Gasteiger partial charge is 0.387 e. The van der Waals surface area contributed by atoms with Crippen LogP contribution in [0.1, 0.15) is 18.4 Å². The van der Waals surface area contributed by atoms with E-state index in [-0.39, 0.29) is 35.6 Å². The van der Waals surface area contributed by atoms with Crippen LogP contribution in [0, 0.1) is 11.7 Å². The van der Waals surface area contributed by atoms with Crippen LogP contribution >= 0.6 is 0 Å². The summed E-state index contributed by atoms with van der Waals surface area (Å²) in [6.45, 7) is -2.24. The number of nitrogens with zero attached hydrogens (tertiary/aromatic N) is 1. The Bertz CT molecular complexity index is 992. The molecule has 168 valence electrons. The summed E-state index contributed by atoms with van der Waals surface area (Å²) >= 11 is 0. The molecule has 0 unspecified atom stereocenters. The predicted octanol–water partition coefficient (Wildman–Crippen LogP) is 3.19. The third-order valence-electron chi connectivity index (χ3n) is 5.14. The molecule has 1 amide bonds. The molecule has 0 bridgehead atoms. The van der Waals surface area contributed by atoms with Gasteiger partial charge in [0.1, 0.15) is 16.5 Å². The number of sulfonamides is 1. The minimum atomic E-state index is -3.94. The molecule has 1 saturated heterocycles. The van der Waals surface area contributed by atoms with Crippen molar-refractivity contribution >= 4 is 15.9 Å². The zero-order chi connectivity index (χ0) is 22.4. The number of carbonyl (C=O) groups is 1. The van der Waals surface area contributed by atoms with Crippen molar-refractivity contribution < 1.29 is 31.1 Å². The molecule has 0 aromatic heterocycles. The molecule has 1 aliphatic heterocycles. The van der Waals surface area contributed by atoms with Crippen molar-refractivity contribution in [2.45, 2.75) is 30.8 Å². The minimum absolute atomic E-state index is 0.0693. The zero-order valence-electron chi connectivity index (χ0n) is 16.6. The zero-order valence-corrected chi connectivity index (χ0v) is 17.5. The van der Waals surface area contributed by atoms with Gasteiger partial charge >= 0.3 is 6.61 Å². The van der Waals surface area contributed by atoms with Gasteiger partial charge in [-0.15, -0.1) is 0 Å². The molecular weight excluding hydrogens is 433 g/mol. The van der Waals surface area contributed by atoms with Crippen molar-refractivity contribution in [2.24, 2.45) is 5.92 Å². The quantitative estimate of drug-likeness (QED) is 0.662. The number of carbonyl (C=O) groups excluding carboxylic acids is 1. The first-order valence-electron chi connectivity index (χ1n) is 9.83. The number of nitrogens with one attached hydrogen (secondary N) is 1. The number of hydrogen-bond acceptors (Lipinski definition) is 4. The van der Waals surface area contributed by atoms with Crippen molar-refractivity contribution in [3.8, 4) is 5.75 Å². The minimum Gasteiger partial charge on any atom is -0.435 e. The van der Waals surface area contributed by atoms with Crippen molar-refractivity contribution in [3.63, 3.8) is 0 Å². The maximum atomic E-state index is 13.9. The third kappa shape index (κ3) is 5.98. The van der Waals surface area contributed by atoms with Gasteiger partial charge in [0, 0.05) is 25.6 Å². The highest BCUT2D eigenvalue weighted by atomic mass is 32.2. The third-order valence-corrected chi connectivity index (χ3v) is 7.07. The van der Waals surface area contributed by atoms with Gasteiger partial charge in [0.15, 0.2) is 0 Å². The first-order valence-corrected chi connectivity index (χ1v) is 11.3. The van der Waals surface area contributed by atoms with Gasteiger partial charge in [-0.25, -0.2) is 12.8 Å². The number of halogens is 3. The average Bonchev–Trinajstić information content (AvgIpc) is 2.75. The van der Waals surface area contributed by atoms with Crippen LogP contribution in [0.2, 0.25) is 0 Å². The summed E-state index contributed by atoms with van der Waals surface area (Å²) in [6, 6.07) is 11.4. The number of benzene rings is 2. The van der Waals surface area contributed by atoms with Crippen LogP contribution in [-0.2, 0) is 21.2 Å². The Hall–Kier alpha value is -2.59. The lowest BCUT2D eigenvalue weighted by atomic mass is 9.97. The van der Waals surface area contributed by atoms with Crippen LogP contribution in [0.3, 0.4) is 0 Å². The number of hydrogen-bond donors (Lipinski definition) is 1. The molecule has 1 heterocycles. The van der Waals surface area contributed by atoms with Crippen LogP contribution in [0.4, 0.5) is 13.2 Å². The van der Waals surface area contributed by atoms with Gasteiger partial charge in [0.05, 0.1) is 0 Å². The maximum absolute atomic E-state index is 13.9. The van der Waals surface area contributed by atoms with Crippen molar-refractivity contribution in [3.05, 3.63) is 59.9 Å². The van der Waals surface area contributed by atoms with Crippen LogP contribution in [0.15, 0.2) is 53.4 Å². The molecular formula is C21H23F3N2O4S. The van der Waals surface area contributed by atoms with Gasteiger partial charge in [-0.1, -0.05) is 24.3 Å². The van der Waals surface area contributed by atoms with E-state index in [1.54, 1.807) is 12.1 Å². The number of amides is 1. The lowest BCUT2D eigenvalue weighted by molar-refractivity contribution is -0.126. The molecule has 10 heteroatoms. The molecule has 1 aliphatic rings. The second kappa shape index (κ2) is 10.1. The Morgan fingerprint density at radius 1 is 1.10 bits per heavy atom. The summed E-state index contributed by atoms with van der Waals surface area (Å²) in [5.41, 5.74) is 0.854. The van der Waals surface area contributed by atoms with Gasteiger partial charge < -0.3 is 10.1 Å². The van der Waals surface area contributed by atoms with E-state index < -0.39 is 22.5 Å². The van der Waals surface area contributed by atoms with Crippen molar-refractivity contribution in [1.29, 1.82) is 0 Å². The first kappa shape index (κ1) is 23.1. The van der Waals surface area contributed by atoms with Crippen molar-refractivity contribution in [2.75, 3.05) is 19.6 Å². The second-order valence-electron chi connectivity index (χ2n) is 7.17. The molecule has 0 radical (unpaired) electrons. The van der Waals surface area contributed by atoms with E-state index in [1.807, 2.05) is 0 Å². The average molecular weight is 456 g/mol. The van der Waals surface area contributed by atoms with E-state index in [2.05, 4.69) is 10.1 Å². The Labute approximate surface area is 179 Å². The van der Waals surface area contributed by atoms with Crippen molar-refractivity contribution in [1.82, 2.24) is 9.62 Å². The van der Waals surface area contributed by atoms with Gasteiger partial charge in [0.25, 0.3) is 0 Å². The highest BCUT2D eigenvalue weighted by molar-refractivity contribution is 7.89. The van der Waals surface area contributed by atoms with E-state index in [0.29, 0.717) is 25.8 Å². The Kier molecular flexibility index (Phi) is 7.55. The number of piperidine rings is 1. The summed E-state index contributed by atoms with van der Waals surface area (Å²) < 4.78 is 69.0. The molecule has 2 aromatic carbocycles. The maximum Gasteiger partial charge on any atom is 0.387 e. The summed E-state index contributed by atoms with van der Waals surface area (Å²) in [4.78, 5) is 12.0. The normalized spacial score (nSPS) is 15.7. The predicted molar refractivity (Wildman–Crippen MR) is 108 cm³/mol. The van der Waals surface area contributed by atoms with Gasteiger partial charge in [-0.05, 0) is 49.1 Å². The van der Waals surface area contributed by atoms with E-state index in [0.717, 1.165) is 11.6 Å². The second-order valence-corrected chi connectivity index (χ2v) is 9.08. The number of ether oxygens (including phenoxy) is 1. The highest BCUT2D eigenvalue weighted by Gasteiger charge is 2.33. The van der Waals surface area contributed by atoms with Gasteiger partial charge in [0.2, 0.25) is 15.9 Å². The van der Waals surface area contributed by atoms with Gasteiger partial charge in [-0.3, -0.25) is 4.79 Å². The molecule has 31 heavy (non-hydrogen) atoms. The molecule has 0 aliphatic carbocycles. The van der Waals surface area contributed by atoms with E-state index >= 15 is 0 Å². The van der Waals surface area contributed by atoms with E-state index in [9.17, 15) is 26.4 Å². The monoisotopic (exact) mass is 456 g/mol. The fourth-order valence-electron chi connectivity index (χ4n) is 3.46. The van der Waals surface area contributed by atoms with Crippen LogP contribution in [0.5, 0.6) is 5.75 Å². The lowest BCUT2D eigenvalue weighted by Gasteiger charge is -2.30. The molecule has 0 saturated carbocycles. The SMILES string of the molecule is O=C(NCCc1ccc(OC(F)F)cc1)C1CCN(S(=O)(=O)c2ccccc2F)CC1.